The largest absolute Gasteiger partial charge is 0.466 e. The van der Waals surface area contributed by atoms with Gasteiger partial charge in [0.1, 0.15) is 0 Å². The average Bonchev–Trinajstić information content (AvgIpc) is 3.37. The van der Waals surface area contributed by atoms with Gasteiger partial charge in [0.25, 0.3) is 0 Å². The smallest absolute Gasteiger partial charge is 0.305 e. The lowest BCUT2D eigenvalue weighted by Gasteiger charge is -2.22. The van der Waals surface area contributed by atoms with Gasteiger partial charge in [0.2, 0.25) is 5.91 Å². The van der Waals surface area contributed by atoms with Gasteiger partial charge in [-0.15, -0.1) is 0 Å². The van der Waals surface area contributed by atoms with Crippen LogP contribution in [0.2, 0.25) is 0 Å². The van der Waals surface area contributed by atoms with E-state index in [4.69, 9.17) is 4.74 Å². The van der Waals surface area contributed by atoms with Crippen molar-refractivity contribution in [1.82, 2.24) is 5.32 Å². The van der Waals surface area contributed by atoms with Gasteiger partial charge in [0.05, 0.1) is 25.4 Å². The van der Waals surface area contributed by atoms with Crippen molar-refractivity contribution >= 4 is 11.9 Å². The van der Waals surface area contributed by atoms with Gasteiger partial charge in [-0.2, -0.15) is 0 Å². The molecule has 0 saturated heterocycles. The van der Waals surface area contributed by atoms with Crippen LogP contribution in [0.5, 0.6) is 0 Å². The summed E-state index contributed by atoms with van der Waals surface area (Å²) in [5.74, 6) is -0.0291. The Balaban J connectivity index is 3.40. The van der Waals surface area contributed by atoms with E-state index in [1.54, 1.807) is 0 Å². The van der Waals surface area contributed by atoms with E-state index in [9.17, 15) is 19.8 Å². The maximum Gasteiger partial charge on any atom is 0.305 e. The first-order chi connectivity index (χ1) is 35.0. The minimum Gasteiger partial charge on any atom is -0.466 e. The van der Waals surface area contributed by atoms with Gasteiger partial charge in [0, 0.05) is 12.8 Å². The summed E-state index contributed by atoms with van der Waals surface area (Å²) in [4.78, 5) is 24.6. The zero-order chi connectivity index (χ0) is 51.4. The van der Waals surface area contributed by atoms with Crippen LogP contribution in [0.4, 0.5) is 0 Å². The molecular formula is C65H129NO5. The van der Waals surface area contributed by atoms with E-state index in [-0.39, 0.29) is 18.5 Å². The molecule has 0 heterocycles. The highest BCUT2D eigenvalue weighted by atomic mass is 16.5. The molecule has 1 amide bonds. The number of aliphatic hydroxyl groups is 2. The van der Waals surface area contributed by atoms with Crippen LogP contribution in [0.15, 0.2) is 0 Å². The Morgan fingerprint density at radius 2 is 0.577 bits per heavy atom. The molecule has 0 aromatic heterocycles. The predicted octanol–water partition coefficient (Wildman–Crippen LogP) is 20.6. The maximum atomic E-state index is 12.5. The SMILES string of the molecule is CCCCCCCCCCCCCCCCCCCCCCCCCCC(O)C(CO)NC(=O)CCCCCCCCCCCCCCCCCCOC(=O)CCCCCCCCCCCCCCCC. The molecule has 3 N–H and O–H groups in total. The molecule has 6 heteroatoms. The van der Waals surface area contributed by atoms with E-state index in [1.165, 1.54) is 308 Å². The minimum absolute atomic E-state index is 0.00712. The molecule has 0 radical (unpaired) electrons. The van der Waals surface area contributed by atoms with E-state index >= 15 is 0 Å². The number of unbranched alkanes of at least 4 members (excludes halogenated alkanes) is 51. The standard InChI is InChI=1S/C65H129NO5/c1-3-5-7-9-11-13-15-17-19-20-21-22-23-24-25-26-27-30-33-37-41-45-49-53-57-63(68)62(61-67)66-64(69)58-54-50-46-42-38-34-31-28-29-32-36-40-44-48-52-56-60-71-65(70)59-55-51-47-43-39-35-18-16-14-12-10-8-6-4-2/h62-63,67-68H,3-61H2,1-2H3,(H,66,69). The Hall–Kier alpha value is -1.14. The summed E-state index contributed by atoms with van der Waals surface area (Å²) in [7, 11) is 0. The first kappa shape index (κ1) is 69.9. The Labute approximate surface area is 445 Å². The fourth-order valence-corrected chi connectivity index (χ4v) is 10.6. The molecule has 0 spiro atoms. The van der Waals surface area contributed by atoms with Crippen molar-refractivity contribution in [2.45, 2.75) is 392 Å². The molecule has 0 aromatic carbocycles. The fourth-order valence-electron chi connectivity index (χ4n) is 10.6. The molecular weight excluding hydrogens is 875 g/mol. The molecule has 0 aliphatic carbocycles. The number of aliphatic hydroxyl groups excluding tert-OH is 2. The van der Waals surface area contributed by atoms with Crippen molar-refractivity contribution in [2.75, 3.05) is 13.2 Å². The average molecular weight is 1000 g/mol. The van der Waals surface area contributed by atoms with Crippen LogP contribution < -0.4 is 5.32 Å². The first-order valence-electron chi connectivity index (χ1n) is 32.8. The summed E-state index contributed by atoms with van der Waals surface area (Å²) >= 11 is 0. The van der Waals surface area contributed by atoms with Crippen molar-refractivity contribution in [3.05, 3.63) is 0 Å². The molecule has 0 bridgehead atoms. The molecule has 0 aliphatic rings. The van der Waals surface area contributed by atoms with Gasteiger partial charge < -0.3 is 20.3 Å². The van der Waals surface area contributed by atoms with Crippen LogP contribution in [0.1, 0.15) is 380 Å². The monoisotopic (exact) mass is 1000 g/mol. The molecule has 0 saturated carbocycles. The number of rotatable bonds is 62. The van der Waals surface area contributed by atoms with Gasteiger partial charge in [-0.05, 0) is 25.7 Å². The van der Waals surface area contributed by atoms with Crippen LogP contribution in [0.3, 0.4) is 0 Å². The third-order valence-electron chi connectivity index (χ3n) is 15.7. The van der Waals surface area contributed by atoms with E-state index in [0.29, 0.717) is 25.9 Å². The number of carbonyl (C=O) groups excluding carboxylic acids is 2. The Morgan fingerprint density at radius 1 is 0.338 bits per heavy atom. The summed E-state index contributed by atoms with van der Waals surface area (Å²) in [6.07, 6.45) is 72.6. The number of carbonyl (C=O) groups is 2. The van der Waals surface area contributed by atoms with E-state index < -0.39 is 12.1 Å². The molecule has 0 aliphatic heterocycles. The summed E-state index contributed by atoms with van der Waals surface area (Å²) in [5.41, 5.74) is 0. The van der Waals surface area contributed by atoms with Crippen molar-refractivity contribution in [3.8, 4) is 0 Å². The molecule has 2 atom stereocenters. The van der Waals surface area contributed by atoms with Crippen molar-refractivity contribution in [3.63, 3.8) is 0 Å². The third-order valence-corrected chi connectivity index (χ3v) is 15.7. The molecule has 71 heavy (non-hydrogen) atoms. The maximum absolute atomic E-state index is 12.5. The number of ether oxygens (including phenoxy) is 1. The van der Waals surface area contributed by atoms with Gasteiger partial charge in [-0.25, -0.2) is 0 Å². The molecule has 6 nitrogen and oxygen atoms in total. The Bertz CT molecular complexity index is 1020. The third kappa shape index (κ3) is 58.0. The molecule has 2 unspecified atom stereocenters. The quantitative estimate of drug-likeness (QED) is 0.0417. The van der Waals surface area contributed by atoms with E-state index in [2.05, 4.69) is 19.2 Å². The summed E-state index contributed by atoms with van der Waals surface area (Å²) in [5, 5.41) is 23.4. The molecule has 0 fully saturated rings. The van der Waals surface area contributed by atoms with Crippen LogP contribution in [0.25, 0.3) is 0 Å². The lowest BCUT2D eigenvalue weighted by molar-refractivity contribution is -0.143. The number of hydrogen-bond acceptors (Lipinski definition) is 5. The first-order valence-corrected chi connectivity index (χ1v) is 32.8. The summed E-state index contributed by atoms with van der Waals surface area (Å²) < 4.78 is 5.48. The lowest BCUT2D eigenvalue weighted by Crippen LogP contribution is -2.45. The zero-order valence-corrected chi connectivity index (χ0v) is 48.5. The lowest BCUT2D eigenvalue weighted by atomic mass is 10.0. The number of hydrogen-bond donors (Lipinski definition) is 3. The van der Waals surface area contributed by atoms with Crippen LogP contribution in [-0.2, 0) is 14.3 Å². The molecule has 424 valence electrons. The van der Waals surface area contributed by atoms with Gasteiger partial charge >= 0.3 is 5.97 Å². The molecule has 0 rings (SSSR count). The second kappa shape index (κ2) is 61.4. The highest BCUT2D eigenvalue weighted by molar-refractivity contribution is 5.76. The Kier molecular flexibility index (Phi) is 60.4. The van der Waals surface area contributed by atoms with E-state index in [0.717, 1.165) is 38.5 Å². The van der Waals surface area contributed by atoms with Crippen molar-refractivity contribution in [1.29, 1.82) is 0 Å². The second-order valence-corrected chi connectivity index (χ2v) is 22.8. The topological polar surface area (TPSA) is 95.9 Å². The number of nitrogens with one attached hydrogen (secondary N) is 1. The van der Waals surface area contributed by atoms with Crippen molar-refractivity contribution in [2.24, 2.45) is 0 Å². The second-order valence-electron chi connectivity index (χ2n) is 22.8. The highest BCUT2D eigenvalue weighted by Gasteiger charge is 2.20. The van der Waals surface area contributed by atoms with Crippen LogP contribution >= 0.6 is 0 Å². The van der Waals surface area contributed by atoms with Crippen LogP contribution in [-0.4, -0.2) is 47.4 Å². The molecule has 0 aromatic rings. The van der Waals surface area contributed by atoms with Gasteiger partial charge in [0.15, 0.2) is 0 Å². The van der Waals surface area contributed by atoms with E-state index in [1.807, 2.05) is 0 Å². The van der Waals surface area contributed by atoms with Crippen LogP contribution in [0, 0.1) is 0 Å². The fraction of sp³-hybridized carbons (Fsp3) is 0.969. The minimum atomic E-state index is -0.669. The Morgan fingerprint density at radius 3 is 0.859 bits per heavy atom. The normalized spacial score (nSPS) is 12.5. The van der Waals surface area contributed by atoms with Gasteiger partial charge in [-0.1, -0.05) is 341 Å². The predicted molar refractivity (Wildman–Crippen MR) is 310 cm³/mol. The number of amides is 1. The van der Waals surface area contributed by atoms with Crippen molar-refractivity contribution < 1.29 is 24.5 Å². The highest BCUT2D eigenvalue weighted by Crippen LogP contribution is 2.19. The summed E-state index contributed by atoms with van der Waals surface area (Å²) in [6.45, 7) is 4.98. The number of esters is 1. The van der Waals surface area contributed by atoms with Gasteiger partial charge in [-0.3, -0.25) is 9.59 Å². The zero-order valence-electron chi connectivity index (χ0n) is 48.5. The summed E-state index contributed by atoms with van der Waals surface area (Å²) in [6, 6.07) is -0.547.